The quantitative estimate of drug-likeness (QED) is 0.367. The Labute approximate surface area is 197 Å². The molecule has 0 saturated heterocycles. The first kappa shape index (κ1) is 24.7. The minimum atomic E-state index is -2.73. The van der Waals surface area contributed by atoms with E-state index < -0.39 is 12.6 Å². The first-order valence-corrected chi connectivity index (χ1v) is 11.6. The first-order valence-electron chi connectivity index (χ1n) is 10.7. The smallest absolute Gasteiger partial charge is 0.312 e. The second-order valence-electron chi connectivity index (χ2n) is 7.62. The molecule has 3 rings (SSSR count). The molecule has 0 fully saturated rings. The maximum atomic E-state index is 13.0. The summed E-state index contributed by atoms with van der Waals surface area (Å²) >= 11 is 1.49. The molecule has 1 aromatic carbocycles. The summed E-state index contributed by atoms with van der Waals surface area (Å²) in [5, 5.41) is 12.7. The maximum Gasteiger partial charge on any atom is 0.312 e. The molecule has 0 spiro atoms. The number of thiazole rings is 1. The van der Waals surface area contributed by atoms with Crippen LogP contribution in [0.2, 0.25) is 0 Å². The number of aromatic nitrogens is 1. The minimum absolute atomic E-state index is 0.362. The lowest BCUT2D eigenvalue weighted by Gasteiger charge is -2.37. The van der Waals surface area contributed by atoms with Gasteiger partial charge in [0.05, 0.1) is 6.61 Å². The number of hydrogen-bond donors (Lipinski definition) is 2. The van der Waals surface area contributed by atoms with Crippen molar-refractivity contribution in [3.05, 3.63) is 74.5 Å². The monoisotopic (exact) mass is 473 g/mol. The van der Waals surface area contributed by atoms with E-state index in [-0.39, 0.29) is 0 Å². The lowest BCUT2D eigenvalue weighted by molar-refractivity contribution is 0.125. The molecule has 2 heterocycles. The fourth-order valence-corrected chi connectivity index (χ4v) is 4.67. The molecule has 1 aromatic heterocycles. The van der Waals surface area contributed by atoms with Gasteiger partial charge in [-0.3, -0.25) is 4.99 Å². The Morgan fingerprint density at radius 2 is 2.15 bits per heavy atom. The number of rotatable bonds is 10. The molecule has 1 aliphatic rings. The highest BCUT2D eigenvalue weighted by molar-refractivity contribution is 7.11. The average molecular weight is 474 g/mol. The van der Waals surface area contributed by atoms with Crippen LogP contribution in [0.3, 0.4) is 0 Å². The van der Waals surface area contributed by atoms with Crippen molar-refractivity contribution in [2.24, 2.45) is 4.99 Å². The summed E-state index contributed by atoms with van der Waals surface area (Å²) in [4.78, 5) is 11.6. The Morgan fingerprint density at radius 3 is 2.73 bits per heavy atom. The number of methoxy groups -OCH3 is 1. The molecule has 176 valence electrons. The van der Waals surface area contributed by atoms with Crippen molar-refractivity contribution >= 4 is 23.4 Å². The molecule has 0 aliphatic carbocycles. The van der Waals surface area contributed by atoms with Crippen molar-refractivity contribution in [3.63, 3.8) is 0 Å². The first-order chi connectivity index (χ1) is 15.9. The van der Waals surface area contributed by atoms with Crippen molar-refractivity contribution in [1.82, 2.24) is 15.2 Å². The van der Waals surface area contributed by atoms with Gasteiger partial charge in [0.2, 0.25) is 0 Å². The van der Waals surface area contributed by atoms with E-state index in [1.54, 1.807) is 13.3 Å². The summed E-state index contributed by atoms with van der Waals surface area (Å²) in [6.07, 6.45) is 4.67. The molecule has 0 unspecified atom stereocenters. The highest BCUT2D eigenvalue weighted by Gasteiger charge is 2.34. The third-order valence-corrected chi connectivity index (χ3v) is 6.21. The van der Waals surface area contributed by atoms with Crippen LogP contribution < -0.4 is 5.32 Å². The number of aryl methyl sites for hydroxylation is 2. The van der Waals surface area contributed by atoms with Crippen molar-refractivity contribution in [2.75, 3.05) is 20.3 Å². The van der Waals surface area contributed by atoms with Gasteiger partial charge in [-0.15, -0.1) is 11.3 Å². The molecular formula is C24H29F2N5OS. The summed E-state index contributed by atoms with van der Waals surface area (Å²) < 4.78 is 31.3. The molecule has 2 N–H and O–H groups in total. The van der Waals surface area contributed by atoms with Gasteiger partial charge in [-0.2, -0.15) is 8.78 Å². The van der Waals surface area contributed by atoms with E-state index in [0.29, 0.717) is 25.1 Å². The zero-order valence-corrected chi connectivity index (χ0v) is 20.0. The van der Waals surface area contributed by atoms with Gasteiger partial charge in [0.15, 0.2) is 10.8 Å². The van der Waals surface area contributed by atoms with Crippen LogP contribution in [0, 0.1) is 19.3 Å². The number of hydrogen-bond acceptors (Lipinski definition) is 7. The van der Waals surface area contributed by atoms with Crippen LogP contribution in [0.15, 0.2) is 57.8 Å². The number of aliphatic imine (C=N–C) groups is 1. The zero-order valence-electron chi connectivity index (χ0n) is 19.2. The van der Waals surface area contributed by atoms with Crippen LogP contribution in [0.25, 0.3) is 0 Å². The fourth-order valence-electron chi connectivity index (χ4n) is 4.03. The Bertz CT molecular complexity index is 1060. The summed E-state index contributed by atoms with van der Waals surface area (Å²) in [5.41, 5.74) is 5.13. The van der Waals surface area contributed by atoms with Gasteiger partial charge in [-0.1, -0.05) is 30.7 Å². The molecule has 6 nitrogen and oxygen atoms in total. The Morgan fingerprint density at radius 1 is 1.36 bits per heavy atom. The van der Waals surface area contributed by atoms with Crippen molar-refractivity contribution in [2.45, 2.75) is 39.8 Å². The van der Waals surface area contributed by atoms with Gasteiger partial charge in [0, 0.05) is 54.5 Å². The Balaban J connectivity index is 2.28. The number of nitrogens with one attached hydrogen (secondary N) is 2. The topological polar surface area (TPSA) is 73.6 Å². The number of nitrogens with zero attached hydrogens (tertiary/aromatic N) is 3. The number of amidine groups is 1. The molecule has 0 amide bonds. The van der Waals surface area contributed by atoms with E-state index in [1.807, 2.05) is 48.5 Å². The van der Waals surface area contributed by atoms with E-state index in [1.165, 1.54) is 17.5 Å². The van der Waals surface area contributed by atoms with Crippen LogP contribution in [0.5, 0.6) is 0 Å². The third kappa shape index (κ3) is 5.54. The molecular weight excluding hydrogens is 444 g/mol. The molecule has 1 atom stereocenters. The normalized spacial score (nSPS) is 16.9. The number of benzene rings is 1. The van der Waals surface area contributed by atoms with E-state index in [2.05, 4.69) is 11.1 Å². The highest BCUT2D eigenvalue weighted by Crippen LogP contribution is 2.41. The summed E-state index contributed by atoms with van der Waals surface area (Å²) in [7, 11) is 1.63. The van der Waals surface area contributed by atoms with E-state index in [0.717, 1.165) is 45.0 Å². The van der Waals surface area contributed by atoms with E-state index in [9.17, 15) is 8.78 Å². The molecule has 9 heteroatoms. The highest BCUT2D eigenvalue weighted by atomic mass is 32.1. The van der Waals surface area contributed by atoms with E-state index >= 15 is 0 Å². The number of halogens is 2. The second-order valence-corrected chi connectivity index (χ2v) is 8.52. The fraction of sp³-hybridized carbons (Fsp3) is 0.375. The van der Waals surface area contributed by atoms with Crippen molar-refractivity contribution in [3.8, 4) is 0 Å². The third-order valence-electron chi connectivity index (χ3n) is 5.45. The number of alkyl halides is 2. The standard InChI is InChI=1S/C24H29F2N5OS/c1-5-19-20(17(13-27)14-29-24(25)26)21(18-7-6-15(2)12-16(18)3)30-22(23-28-8-11-33-23)31(19)9-10-32-4/h6-8,11-14,21,24,27,29H,5,9-10H2,1-4H3/b17-14+,27-13?/t21-/m0/s1. The average Bonchev–Trinajstić information content (AvgIpc) is 3.32. The minimum Gasteiger partial charge on any atom is -0.383 e. The molecule has 0 bridgehead atoms. The predicted octanol–water partition coefficient (Wildman–Crippen LogP) is 5.22. The molecule has 1 aliphatic heterocycles. The zero-order chi connectivity index (χ0) is 24.0. The van der Waals surface area contributed by atoms with Crippen molar-refractivity contribution < 1.29 is 13.5 Å². The van der Waals surface area contributed by atoms with Gasteiger partial charge in [0.1, 0.15) is 6.04 Å². The van der Waals surface area contributed by atoms with Gasteiger partial charge in [-0.05, 0) is 31.4 Å². The predicted molar refractivity (Wildman–Crippen MR) is 129 cm³/mol. The largest absolute Gasteiger partial charge is 0.383 e. The molecule has 0 saturated carbocycles. The SMILES string of the molecule is CCC1=C(/C(C=N)=C/NC(F)F)[C@H](c2ccc(C)cc2C)N=C(c2nccs2)N1CCOC. The summed E-state index contributed by atoms with van der Waals surface area (Å²) in [6, 6.07) is 5.66. The maximum absolute atomic E-state index is 13.0. The van der Waals surface area contributed by atoms with Gasteiger partial charge in [-0.25, -0.2) is 4.98 Å². The lowest BCUT2D eigenvalue weighted by Crippen LogP contribution is -2.39. The lowest BCUT2D eigenvalue weighted by atomic mass is 9.87. The molecule has 33 heavy (non-hydrogen) atoms. The van der Waals surface area contributed by atoms with Crippen LogP contribution >= 0.6 is 11.3 Å². The van der Waals surface area contributed by atoms with Crippen molar-refractivity contribution in [1.29, 1.82) is 5.41 Å². The van der Waals surface area contributed by atoms with Gasteiger partial charge < -0.3 is 20.4 Å². The molecule has 2 aromatic rings. The Hall–Kier alpha value is -2.91. The van der Waals surface area contributed by atoms with E-state index in [4.69, 9.17) is 15.1 Å². The van der Waals surface area contributed by atoms with Gasteiger partial charge in [0.25, 0.3) is 0 Å². The van der Waals surface area contributed by atoms with Gasteiger partial charge >= 0.3 is 6.55 Å². The van der Waals surface area contributed by atoms with Crippen LogP contribution in [0.1, 0.15) is 41.1 Å². The summed E-state index contributed by atoms with van der Waals surface area (Å²) in [6.45, 7) is 4.31. The van der Waals surface area contributed by atoms with Crippen LogP contribution in [0.4, 0.5) is 8.78 Å². The summed E-state index contributed by atoms with van der Waals surface area (Å²) in [5.74, 6) is 0.721. The molecule has 0 radical (unpaired) electrons. The number of ether oxygens (including phenoxy) is 1. The number of allylic oxidation sites excluding steroid dienone is 1. The van der Waals surface area contributed by atoms with Crippen LogP contribution in [-0.4, -0.2) is 48.7 Å². The Kier molecular flexibility index (Phi) is 8.46. The second kappa shape index (κ2) is 11.3. The van der Waals surface area contributed by atoms with Crippen LogP contribution in [-0.2, 0) is 4.74 Å².